The van der Waals surface area contributed by atoms with Crippen molar-refractivity contribution < 1.29 is 0 Å². The Labute approximate surface area is 86.7 Å². The van der Waals surface area contributed by atoms with E-state index in [0.717, 1.165) is 0 Å². The quantitative estimate of drug-likeness (QED) is 0.752. The first-order valence-electron chi connectivity index (χ1n) is 5.00. The molecule has 0 radical (unpaired) electrons. The third kappa shape index (κ3) is 1.45. The number of hydrogen-bond donors (Lipinski definition) is 2. The zero-order chi connectivity index (χ0) is 10.9. The predicted octanol–water partition coefficient (Wildman–Crippen LogP) is 3.00. The van der Waals surface area contributed by atoms with Crippen LogP contribution in [0.1, 0.15) is 22.3 Å². The Bertz CT molecular complexity index is 319. The lowest BCUT2D eigenvalue weighted by Gasteiger charge is -2.20. The summed E-state index contributed by atoms with van der Waals surface area (Å²) in [5.41, 5.74) is 7.86. The summed E-state index contributed by atoms with van der Waals surface area (Å²) in [7, 11) is 3.94. The molecule has 2 N–H and O–H groups in total. The van der Waals surface area contributed by atoms with E-state index in [0.29, 0.717) is 0 Å². The van der Waals surface area contributed by atoms with E-state index in [1.54, 1.807) is 0 Å². The van der Waals surface area contributed by atoms with E-state index >= 15 is 0 Å². The first kappa shape index (κ1) is 10.9. The fourth-order valence-electron chi connectivity index (χ4n) is 1.94. The molecule has 0 aliphatic heterocycles. The molecule has 1 aromatic carbocycles. The number of nitrogens with one attached hydrogen (secondary N) is 2. The SMILES string of the molecule is CNc1c(C)c(C)c(C)c(C)c1NC. The zero-order valence-corrected chi connectivity index (χ0v) is 10.0. The van der Waals surface area contributed by atoms with Crippen molar-refractivity contribution in [2.75, 3.05) is 24.7 Å². The molecule has 0 unspecified atom stereocenters. The van der Waals surface area contributed by atoms with Gasteiger partial charge >= 0.3 is 0 Å². The van der Waals surface area contributed by atoms with Crippen LogP contribution in [0.3, 0.4) is 0 Å². The van der Waals surface area contributed by atoms with E-state index in [4.69, 9.17) is 0 Å². The molecular formula is C12H20N2. The Hall–Kier alpha value is -1.18. The second kappa shape index (κ2) is 3.91. The Morgan fingerprint density at radius 3 is 1.07 bits per heavy atom. The summed E-state index contributed by atoms with van der Waals surface area (Å²) in [4.78, 5) is 0. The second-order valence-corrected chi connectivity index (χ2v) is 3.75. The second-order valence-electron chi connectivity index (χ2n) is 3.75. The first-order chi connectivity index (χ1) is 6.54. The average Bonchev–Trinajstić information content (AvgIpc) is 2.20. The summed E-state index contributed by atoms with van der Waals surface area (Å²) in [5, 5.41) is 6.52. The topological polar surface area (TPSA) is 24.1 Å². The van der Waals surface area contributed by atoms with Gasteiger partial charge in [-0.25, -0.2) is 0 Å². The zero-order valence-electron chi connectivity index (χ0n) is 10.0. The van der Waals surface area contributed by atoms with Crippen molar-refractivity contribution in [2.24, 2.45) is 0 Å². The molecule has 0 amide bonds. The molecule has 0 fully saturated rings. The van der Waals surface area contributed by atoms with Gasteiger partial charge < -0.3 is 10.6 Å². The molecule has 0 aromatic heterocycles. The minimum Gasteiger partial charge on any atom is -0.386 e. The number of benzene rings is 1. The molecule has 78 valence electrons. The molecule has 1 rings (SSSR count). The molecular weight excluding hydrogens is 172 g/mol. The molecule has 0 spiro atoms. The maximum absolute atomic E-state index is 3.26. The molecule has 1 aromatic rings. The normalized spacial score (nSPS) is 10.1. The van der Waals surface area contributed by atoms with Crippen molar-refractivity contribution in [2.45, 2.75) is 27.7 Å². The third-order valence-electron chi connectivity index (χ3n) is 3.19. The maximum Gasteiger partial charge on any atom is 0.0608 e. The van der Waals surface area contributed by atoms with Crippen molar-refractivity contribution in [1.82, 2.24) is 0 Å². The van der Waals surface area contributed by atoms with Gasteiger partial charge in [-0.2, -0.15) is 0 Å². The van der Waals surface area contributed by atoms with Crippen LogP contribution in [-0.2, 0) is 0 Å². The Kier molecular flexibility index (Phi) is 3.04. The van der Waals surface area contributed by atoms with Gasteiger partial charge in [-0.15, -0.1) is 0 Å². The van der Waals surface area contributed by atoms with E-state index in [2.05, 4.69) is 38.3 Å². The van der Waals surface area contributed by atoms with Gasteiger partial charge in [0, 0.05) is 14.1 Å². The molecule has 14 heavy (non-hydrogen) atoms. The molecule has 0 heterocycles. The third-order valence-corrected chi connectivity index (χ3v) is 3.19. The molecule has 2 nitrogen and oxygen atoms in total. The summed E-state index contributed by atoms with van der Waals surface area (Å²) in [6, 6.07) is 0. The van der Waals surface area contributed by atoms with Crippen LogP contribution >= 0.6 is 0 Å². The van der Waals surface area contributed by atoms with Crippen LogP contribution in [0.4, 0.5) is 11.4 Å². The number of hydrogen-bond acceptors (Lipinski definition) is 2. The van der Waals surface area contributed by atoms with Crippen molar-refractivity contribution in [3.05, 3.63) is 22.3 Å². The highest BCUT2D eigenvalue weighted by molar-refractivity contribution is 5.78. The molecule has 2 heteroatoms. The maximum atomic E-state index is 3.26. The lowest BCUT2D eigenvalue weighted by Crippen LogP contribution is -2.05. The highest BCUT2D eigenvalue weighted by Crippen LogP contribution is 2.34. The van der Waals surface area contributed by atoms with Crippen LogP contribution in [0.2, 0.25) is 0 Å². The van der Waals surface area contributed by atoms with Gasteiger partial charge in [0.2, 0.25) is 0 Å². The molecule has 0 bridgehead atoms. The Morgan fingerprint density at radius 1 is 0.571 bits per heavy atom. The summed E-state index contributed by atoms with van der Waals surface area (Å²) in [6.45, 7) is 8.68. The van der Waals surface area contributed by atoms with Crippen LogP contribution < -0.4 is 10.6 Å². The van der Waals surface area contributed by atoms with Crippen molar-refractivity contribution in [3.63, 3.8) is 0 Å². The molecule has 0 saturated heterocycles. The summed E-state index contributed by atoms with van der Waals surface area (Å²) in [5.74, 6) is 0. The Balaban J connectivity index is 3.57. The van der Waals surface area contributed by atoms with Crippen LogP contribution in [0.15, 0.2) is 0 Å². The average molecular weight is 192 g/mol. The van der Waals surface area contributed by atoms with Gasteiger partial charge in [0.1, 0.15) is 0 Å². The van der Waals surface area contributed by atoms with E-state index in [-0.39, 0.29) is 0 Å². The van der Waals surface area contributed by atoms with E-state index < -0.39 is 0 Å². The van der Waals surface area contributed by atoms with Crippen LogP contribution in [0.25, 0.3) is 0 Å². The van der Waals surface area contributed by atoms with Gasteiger partial charge in [-0.05, 0) is 49.9 Å². The molecule has 0 aliphatic carbocycles. The highest BCUT2D eigenvalue weighted by atomic mass is 14.9. The van der Waals surface area contributed by atoms with Crippen molar-refractivity contribution in [3.8, 4) is 0 Å². The van der Waals surface area contributed by atoms with E-state index in [9.17, 15) is 0 Å². The van der Waals surface area contributed by atoms with Crippen LogP contribution in [-0.4, -0.2) is 14.1 Å². The summed E-state index contributed by atoms with van der Waals surface area (Å²) < 4.78 is 0. The van der Waals surface area contributed by atoms with Gasteiger partial charge in [0.05, 0.1) is 11.4 Å². The monoisotopic (exact) mass is 192 g/mol. The van der Waals surface area contributed by atoms with Gasteiger partial charge in [0.15, 0.2) is 0 Å². The molecule has 0 aliphatic rings. The van der Waals surface area contributed by atoms with Crippen molar-refractivity contribution >= 4 is 11.4 Å². The predicted molar refractivity (Wildman–Crippen MR) is 64.5 cm³/mol. The first-order valence-corrected chi connectivity index (χ1v) is 5.00. The molecule has 0 atom stereocenters. The van der Waals surface area contributed by atoms with E-state index in [1.165, 1.54) is 33.6 Å². The van der Waals surface area contributed by atoms with E-state index in [1.807, 2.05) is 14.1 Å². The minimum absolute atomic E-state index is 1.22. The lowest BCUT2D eigenvalue weighted by molar-refractivity contribution is 1.20. The molecule has 0 saturated carbocycles. The smallest absolute Gasteiger partial charge is 0.0608 e. The number of anilines is 2. The standard InChI is InChI=1S/C12H20N2/c1-7-8(2)10(4)12(14-6)11(13-5)9(7)3/h13-14H,1-6H3. The Morgan fingerprint density at radius 2 is 0.857 bits per heavy atom. The summed E-state index contributed by atoms with van der Waals surface area (Å²) in [6.07, 6.45) is 0. The highest BCUT2D eigenvalue weighted by Gasteiger charge is 2.12. The van der Waals surface area contributed by atoms with Crippen LogP contribution in [0.5, 0.6) is 0 Å². The van der Waals surface area contributed by atoms with Gasteiger partial charge in [0.25, 0.3) is 0 Å². The number of rotatable bonds is 2. The lowest BCUT2D eigenvalue weighted by atomic mass is 9.95. The largest absolute Gasteiger partial charge is 0.386 e. The fourth-order valence-corrected chi connectivity index (χ4v) is 1.94. The minimum atomic E-state index is 1.22. The fraction of sp³-hybridized carbons (Fsp3) is 0.500. The summed E-state index contributed by atoms with van der Waals surface area (Å²) >= 11 is 0. The van der Waals surface area contributed by atoms with Gasteiger partial charge in [-0.1, -0.05) is 0 Å². The van der Waals surface area contributed by atoms with Crippen LogP contribution in [0, 0.1) is 27.7 Å². The van der Waals surface area contributed by atoms with Gasteiger partial charge in [-0.3, -0.25) is 0 Å². The van der Waals surface area contributed by atoms with Crippen molar-refractivity contribution in [1.29, 1.82) is 0 Å².